The molecule has 2 aromatic heterocycles. The molecule has 38 heavy (non-hydrogen) atoms. The van der Waals surface area contributed by atoms with Gasteiger partial charge in [0, 0.05) is 28.8 Å². The van der Waals surface area contributed by atoms with Crippen LogP contribution in [0.1, 0.15) is 0 Å². The molecule has 0 bridgehead atoms. The van der Waals surface area contributed by atoms with E-state index in [4.69, 9.17) is 43.5 Å². The van der Waals surface area contributed by atoms with E-state index in [9.17, 15) is 9.18 Å². The number of hydrogen-bond acceptors (Lipinski definition) is 8. The summed E-state index contributed by atoms with van der Waals surface area (Å²) in [4.78, 5) is 20.4. The first-order chi connectivity index (χ1) is 18.2. The van der Waals surface area contributed by atoms with Crippen molar-refractivity contribution in [2.24, 2.45) is 0 Å². The molecule has 2 heterocycles. The first-order valence-corrected chi connectivity index (χ1v) is 11.6. The van der Waals surface area contributed by atoms with Crippen molar-refractivity contribution in [3.63, 3.8) is 0 Å². The molecule has 194 valence electrons. The molecule has 0 aliphatic rings. The van der Waals surface area contributed by atoms with Crippen LogP contribution in [0.5, 0.6) is 11.5 Å². The van der Waals surface area contributed by atoms with Crippen LogP contribution in [0, 0.1) is 16.6 Å². The lowest BCUT2D eigenvalue weighted by Crippen LogP contribution is -2.23. The van der Waals surface area contributed by atoms with Crippen LogP contribution in [0.2, 0.25) is 10.0 Å². The molecular formula is C25H20Cl2FN7O3. The van der Waals surface area contributed by atoms with Crippen molar-refractivity contribution in [3.05, 3.63) is 70.5 Å². The molecule has 4 rings (SSSR count). The Labute approximate surface area is 225 Å². The Balaban J connectivity index is 1.88. The van der Waals surface area contributed by atoms with Gasteiger partial charge in [-0.2, -0.15) is 4.98 Å². The van der Waals surface area contributed by atoms with Gasteiger partial charge in [-0.05, 0) is 24.3 Å². The highest BCUT2D eigenvalue weighted by Crippen LogP contribution is 2.45. The van der Waals surface area contributed by atoms with Gasteiger partial charge in [0.1, 0.15) is 28.5 Å². The fourth-order valence-electron chi connectivity index (χ4n) is 3.69. The number of pyridine rings is 1. The number of hydrogen-bond donors (Lipinski definition) is 4. The van der Waals surface area contributed by atoms with Crippen molar-refractivity contribution in [2.45, 2.75) is 0 Å². The lowest BCUT2D eigenvalue weighted by Gasteiger charge is -2.17. The Kier molecular flexibility index (Phi) is 7.60. The summed E-state index contributed by atoms with van der Waals surface area (Å²) in [6, 6.07) is 7.25. The summed E-state index contributed by atoms with van der Waals surface area (Å²) in [6.45, 7) is 3.39. The number of benzene rings is 2. The molecule has 0 spiro atoms. The fourth-order valence-corrected chi connectivity index (χ4v) is 4.39. The Morgan fingerprint density at radius 2 is 1.87 bits per heavy atom. The molecule has 0 saturated carbocycles. The van der Waals surface area contributed by atoms with E-state index in [1.807, 2.05) is 0 Å². The molecule has 10 nitrogen and oxygen atoms in total. The minimum atomic E-state index is -0.664. The van der Waals surface area contributed by atoms with Gasteiger partial charge >= 0.3 is 0 Å². The molecule has 4 aromatic rings. The normalized spacial score (nSPS) is 10.7. The standard InChI is InChI=1S/C25H20Cl2FN7O3/c1-4-18(36)32-15-7-5-6-14(28)22(15)33-25-31-10-12-8-13(23(30)35(11-29)24(12)34-25)19-20(26)16(37-2)9-17(38-3)21(19)27/h4-11,29-30H,1H2,2-3H3,(H,32,36)(H,31,33,34). The number of nitrogens with zero attached hydrogens (tertiary/aromatic N) is 3. The molecule has 0 aliphatic carbocycles. The summed E-state index contributed by atoms with van der Waals surface area (Å²) in [5, 5.41) is 22.7. The molecule has 0 atom stereocenters. The summed E-state index contributed by atoms with van der Waals surface area (Å²) in [7, 11) is 2.87. The maximum Gasteiger partial charge on any atom is 0.247 e. The van der Waals surface area contributed by atoms with Gasteiger partial charge in [-0.25, -0.2) is 9.37 Å². The van der Waals surface area contributed by atoms with Gasteiger partial charge in [-0.3, -0.25) is 20.2 Å². The van der Waals surface area contributed by atoms with Gasteiger partial charge in [0.05, 0.1) is 36.3 Å². The second kappa shape index (κ2) is 10.9. The summed E-state index contributed by atoms with van der Waals surface area (Å²) in [5.41, 5.74) is 0.603. The fraction of sp³-hybridized carbons (Fsp3) is 0.0800. The maximum atomic E-state index is 14.6. The second-order valence-corrected chi connectivity index (χ2v) is 8.40. The molecule has 4 N–H and O–H groups in total. The van der Waals surface area contributed by atoms with E-state index in [0.29, 0.717) is 5.39 Å². The van der Waals surface area contributed by atoms with Crippen LogP contribution in [-0.4, -0.2) is 41.0 Å². The highest BCUT2D eigenvalue weighted by molar-refractivity contribution is 6.41. The monoisotopic (exact) mass is 555 g/mol. The second-order valence-electron chi connectivity index (χ2n) is 7.64. The summed E-state index contributed by atoms with van der Waals surface area (Å²) in [6.07, 6.45) is 3.37. The maximum absolute atomic E-state index is 14.6. The topological polar surface area (TPSA) is 138 Å². The van der Waals surface area contributed by atoms with Crippen LogP contribution >= 0.6 is 23.2 Å². The zero-order chi connectivity index (χ0) is 27.6. The number of methoxy groups -OCH3 is 2. The van der Waals surface area contributed by atoms with Crippen molar-refractivity contribution < 1.29 is 18.7 Å². The van der Waals surface area contributed by atoms with E-state index in [1.54, 1.807) is 6.07 Å². The minimum absolute atomic E-state index is 0.0430. The molecule has 0 radical (unpaired) electrons. The van der Waals surface area contributed by atoms with E-state index in [0.717, 1.165) is 12.4 Å². The predicted molar refractivity (Wildman–Crippen MR) is 145 cm³/mol. The van der Waals surface area contributed by atoms with Gasteiger partial charge in [0.2, 0.25) is 11.9 Å². The Hall–Kier alpha value is -4.48. The van der Waals surface area contributed by atoms with Crippen LogP contribution in [-0.2, 0) is 4.79 Å². The number of carbonyl (C=O) groups is 1. The number of fused-ring (bicyclic) bond motifs is 1. The van der Waals surface area contributed by atoms with Gasteiger partial charge in [0.25, 0.3) is 0 Å². The number of aromatic nitrogens is 3. The summed E-state index contributed by atoms with van der Waals surface area (Å²) >= 11 is 13.1. The number of anilines is 3. The SMILES string of the molecule is C=CC(=O)Nc1cccc(F)c1Nc1ncc2cc(-c3c(Cl)c(OC)cc(OC)c3Cl)c(=N)n(C=N)c2n1. The number of carbonyl (C=O) groups excluding carboxylic acids is 1. The molecule has 2 aromatic carbocycles. The van der Waals surface area contributed by atoms with Gasteiger partial charge < -0.3 is 20.1 Å². The molecule has 13 heteroatoms. The van der Waals surface area contributed by atoms with E-state index in [2.05, 4.69) is 27.2 Å². The number of para-hydroxylation sites is 1. The van der Waals surface area contributed by atoms with Crippen LogP contribution < -0.4 is 25.6 Å². The van der Waals surface area contributed by atoms with E-state index >= 15 is 0 Å². The van der Waals surface area contributed by atoms with Crippen LogP contribution in [0.3, 0.4) is 0 Å². The Morgan fingerprint density at radius 1 is 1.18 bits per heavy atom. The molecular weight excluding hydrogens is 536 g/mol. The first kappa shape index (κ1) is 26.6. The van der Waals surface area contributed by atoms with Crippen LogP contribution in [0.15, 0.2) is 49.2 Å². The van der Waals surface area contributed by atoms with Crippen molar-refractivity contribution in [3.8, 4) is 22.6 Å². The first-order valence-electron chi connectivity index (χ1n) is 10.8. The number of ether oxygens (including phenoxy) is 2. The third kappa shape index (κ3) is 4.76. The van der Waals surface area contributed by atoms with E-state index < -0.39 is 11.7 Å². The largest absolute Gasteiger partial charge is 0.495 e. The van der Waals surface area contributed by atoms with Crippen LogP contribution in [0.25, 0.3) is 22.2 Å². The number of halogens is 3. The van der Waals surface area contributed by atoms with Crippen molar-refractivity contribution >= 4 is 63.8 Å². The average molecular weight is 556 g/mol. The third-order valence-electron chi connectivity index (χ3n) is 5.49. The van der Waals surface area contributed by atoms with Gasteiger partial charge in [0.15, 0.2) is 5.65 Å². The number of nitrogens with one attached hydrogen (secondary N) is 4. The highest BCUT2D eigenvalue weighted by Gasteiger charge is 2.22. The quantitative estimate of drug-likeness (QED) is 0.131. The van der Waals surface area contributed by atoms with Crippen molar-refractivity contribution in [1.29, 1.82) is 10.8 Å². The minimum Gasteiger partial charge on any atom is -0.495 e. The van der Waals surface area contributed by atoms with Crippen LogP contribution in [0.4, 0.5) is 21.7 Å². The van der Waals surface area contributed by atoms with E-state index in [-0.39, 0.29) is 61.1 Å². The third-order valence-corrected chi connectivity index (χ3v) is 6.24. The number of amides is 1. The lowest BCUT2D eigenvalue weighted by atomic mass is 10.0. The Morgan fingerprint density at radius 3 is 2.47 bits per heavy atom. The summed E-state index contributed by atoms with van der Waals surface area (Å²) in [5.74, 6) is -0.674. The Bertz CT molecular complexity index is 1650. The smallest absolute Gasteiger partial charge is 0.247 e. The highest BCUT2D eigenvalue weighted by atomic mass is 35.5. The zero-order valence-corrected chi connectivity index (χ0v) is 21.5. The van der Waals surface area contributed by atoms with Crippen molar-refractivity contribution in [1.82, 2.24) is 14.5 Å². The number of rotatable bonds is 8. The molecule has 0 saturated heterocycles. The van der Waals surface area contributed by atoms with Gasteiger partial charge in [-0.15, -0.1) is 0 Å². The van der Waals surface area contributed by atoms with E-state index in [1.165, 1.54) is 49.2 Å². The lowest BCUT2D eigenvalue weighted by molar-refractivity contribution is -0.111. The molecule has 0 unspecified atom stereocenters. The predicted octanol–water partition coefficient (Wildman–Crippen LogP) is 5.36. The van der Waals surface area contributed by atoms with Crippen molar-refractivity contribution in [2.75, 3.05) is 24.9 Å². The van der Waals surface area contributed by atoms with Gasteiger partial charge in [-0.1, -0.05) is 35.8 Å². The average Bonchev–Trinajstić information content (AvgIpc) is 2.91. The zero-order valence-electron chi connectivity index (χ0n) is 20.0. The molecule has 0 fully saturated rings. The molecule has 1 amide bonds. The summed E-state index contributed by atoms with van der Waals surface area (Å²) < 4.78 is 26.5. The molecule has 0 aliphatic heterocycles.